The van der Waals surface area contributed by atoms with Crippen molar-refractivity contribution in [3.63, 3.8) is 0 Å². The lowest BCUT2D eigenvalue weighted by molar-refractivity contribution is -0.143. The third-order valence-corrected chi connectivity index (χ3v) is 2.59. The summed E-state index contributed by atoms with van der Waals surface area (Å²) in [5, 5.41) is 9.17. The normalized spacial score (nSPS) is 13.3. The Hall–Kier alpha value is -1.29. The monoisotopic (exact) mass is 224 g/mol. The highest BCUT2D eigenvalue weighted by Gasteiger charge is 2.23. The van der Waals surface area contributed by atoms with Crippen LogP contribution in [-0.4, -0.2) is 34.0 Å². The van der Waals surface area contributed by atoms with Gasteiger partial charge in [0.15, 0.2) is 0 Å². The van der Waals surface area contributed by atoms with E-state index in [1.807, 2.05) is 44.1 Å². The van der Waals surface area contributed by atoms with E-state index in [4.69, 9.17) is 5.11 Å². The van der Waals surface area contributed by atoms with E-state index in [0.717, 1.165) is 5.69 Å². The van der Waals surface area contributed by atoms with Gasteiger partial charge < -0.3 is 10.1 Å². The predicted octanol–water partition coefficient (Wildman–Crippen LogP) is 1.95. The van der Waals surface area contributed by atoms with Crippen LogP contribution in [0.3, 0.4) is 0 Å². The molecule has 1 unspecified atom stereocenters. The van der Waals surface area contributed by atoms with Crippen molar-refractivity contribution in [2.24, 2.45) is 5.92 Å². The van der Waals surface area contributed by atoms with Gasteiger partial charge >= 0.3 is 5.97 Å². The van der Waals surface area contributed by atoms with Gasteiger partial charge in [-0.2, -0.15) is 0 Å². The number of carbonyl (C=O) groups is 1. The molecule has 0 fully saturated rings. The fourth-order valence-electron chi connectivity index (χ4n) is 1.76. The lowest BCUT2D eigenvalue weighted by Crippen LogP contribution is -2.39. The highest BCUT2D eigenvalue weighted by atomic mass is 16.4. The highest BCUT2D eigenvalue weighted by molar-refractivity contribution is 5.73. The first-order chi connectivity index (χ1) is 7.50. The number of carboxylic acid groups (broad SMARTS) is 1. The maximum Gasteiger partial charge on any atom is 0.320 e. The molecule has 1 heterocycles. The summed E-state index contributed by atoms with van der Waals surface area (Å²) in [6.45, 7) is 4.72. The topological polar surface area (TPSA) is 56.3 Å². The van der Waals surface area contributed by atoms with Crippen molar-refractivity contribution in [1.82, 2.24) is 9.88 Å². The van der Waals surface area contributed by atoms with E-state index in [9.17, 15) is 4.79 Å². The number of carboxylic acids is 1. The first-order valence-electron chi connectivity index (χ1n) is 5.56. The summed E-state index contributed by atoms with van der Waals surface area (Å²) in [4.78, 5) is 16.1. The maximum absolute atomic E-state index is 11.2. The molecule has 1 aromatic rings. The first-order valence-corrected chi connectivity index (χ1v) is 5.56. The number of hydrogen-bond donors (Lipinski definition) is 2. The molecule has 1 rings (SSSR count). The number of hydrogen-bond acceptors (Lipinski definition) is 2. The Balaban J connectivity index is 2.60. The van der Waals surface area contributed by atoms with Crippen LogP contribution in [-0.2, 0) is 11.3 Å². The molecule has 0 amide bonds. The van der Waals surface area contributed by atoms with Gasteiger partial charge in [-0.05, 0) is 31.5 Å². The largest absolute Gasteiger partial charge is 0.480 e. The second-order valence-corrected chi connectivity index (χ2v) is 4.59. The Morgan fingerprint density at radius 1 is 1.56 bits per heavy atom. The maximum atomic E-state index is 11.2. The van der Waals surface area contributed by atoms with Gasteiger partial charge in [0.1, 0.15) is 6.04 Å². The first kappa shape index (κ1) is 12.8. The summed E-state index contributed by atoms with van der Waals surface area (Å²) in [5.74, 6) is -0.366. The molecule has 4 heteroatoms. The Labute approximate surface area is 96.3 Å². The van der Waals surface area contributed by atoms with Crippen molar-refractivity contribution < 1.29 is 9.90 Å². The van der Waals surface area contributed by atoms with Crippen LogP contribution in [0, 0.1) is 5.92 Å². The van der Waals surface area contributed by atoms with Crippen molar-refractivity contribution in [1.29, 1.82) is 0 Å². The zero-order valence-electron chi connectivity index (χ0n) is 10.1. The lowest BCUT2D eigenvalue weighted by atomic mass is 10.0. The zero-order chi connectivity index (χ0) is 12.1. The van der Waals surface area contributed by atoms with Crippen LogP contribution in [0.25, 0.3) is 0 Å². The number of likely N-dealkylation sites (N-methyl/N-ethyl adjacent to an activating group) is 1. The van der Waals surface area contributed by atoms with Crippen molar-refractivity contribution >= 4 is 5.97 Å². The van der Waals surface area contributed by atoms with E-state index in [1.165, 1.54) is 0 Å². The molecule has 1 aromatic heterocycles. The number of aromatic amines is 1. The van der Waals surface area contributed by atoms with Crippen molar-refractivity contribution in [2.75, 3.05) is 7.05 Å². The summed E-state index contributed by atoms with van der Waals surface area (Å²) in [6, 6.07) is 3.47. The molecule has 16 heavy (non-hydrogen) atoms. The Kier molecular flexibility index (Phi) is 4.55. The van der Waals surface area contributed by atoms with Gasteiger partial charge in [-0.3, -0.25) is 9.69 Å². The Bertz CT molecular complexity index is 320. The Morgan fingerprint density at radius 3 is 2.69 bits per heavy atom. The number of aromatic nitrogens is 1. The molecular formula is C12H20N2O2. The van der Waals surface area contributed by atoms with E-state index in [2.05, 4.69) is 4.98 Å². The number of rotatable bonds is 6. The van der Waals surface area contributed by atoms with Crippen molar-refractivity contribution in [3.8, 4) is 0 Å². The van der Waals surface area contributed by atoms with Crippen LogP contribution in [0.1, 0.15) is 26.0 Å². The summed E-state index contributed by atoms with van der Waals surface area (Å²) in [5.41, 5.74) is 1.04. The van der Waals surface area contributed by atoms with E-state index in [0.29, 0.717) is 18.9 Å². The van der Waals surface area contributed by atoms with Gasteiger partial charge in [0.2, 0.25) is 0 Å². The van der Waals surface area contributed by atoms with Crippen molar-refractivity contribution in [3.05, 3.63) is 24.0 Å². The highest BCUT2D eigenvalue weighted by Crippen LogP contribution is 2.13. The average Bonchev–Trinajstić information content (AvgIpc) is 2.65. The second kappa shape index (κ2) is 5.70. The fraction of sp³-hybridized carbons (Fsp3) is 0.583. The minimum atomic E-state index is -0.747. The standard InChI is InChI=1S/C12H20N2O2/c1-9(2)7-11(12(15)16)14(3)8-10-5-4-6-13-10/h4-6,9,11,13H,7-8H2,1-3H3,(H,15,16). The van der Waals surface area contributed by atoms with Crippen LogP contribution in [0.15, 0.2) is 18.3 Å². The van der Waals surface area contributed by atoms with Gasteiger partial charge in [-0.15, -0.1) is 0 Å². The van der Waals surface area contributed by atoms with Crippen LogP contribution in [0.5, 0.6) is 0 Å². The SMILES string of the molecule is CC(C)CC(C(=O)O)N(C)Cc1ccc[nH]1. The average molecular weight is 224 g/mol. The third kappa shape index (κ3) is 3.70. The molecule has 0 aliphatic rings. The van der Waals surface area contributed by atoms with E-state index >= 15 is 0 Å². The summed E-state index contributed by atoms with van der Waals surface area (Å²) < 4.78 is 0. The van der Waals surface area contributed by atoms with E-state index in [-0.39, 0.29) is 0 Å². The van der Waals surface area contributed by atoms with Crippen LogP contribution >= 0.6 is 0 Å². The molecule has 1 atom stereocenters. The van der Waals surface area contributed by atoms with Gasteiger partial charge in [0, 0.05) is 18.4 Å². The summed E-state index contributed by atoms with van der Waals surface area (Å²) in [7, 11) is 1.85. The minimum Gasteiger partial charge on any atom is -0.480 e. The quantitative estimate of drug-likeness (QED) is 0.776. The molecule has 90 valence electrons. The van der Waals surface area contributed by atoms with Gasteiger partial charge in [0.05, 0.1) is 0 Å². The number of nitrogens with one attached hydrogen (secondary N) is 1. The van der Waals surface area contributed by atoms with E-state index < -0.39 is 12.0 Å². The van der Waals surface area contributed by atoms with Crippen molar-refractivity contribution in [2.45, 2.75) is 32.9 Å². The number of aliphatic carboxylic acids is 1. The molecular weight excluding hydrogens is 204 g/mol. The van der Waals surface area contributed by atoms with Gasteiger partial charge in [-0.25, -0.2) is 0 Å². The zero-order valence-corrected chi connectivity index (χ0v) is 10.1. The minimum absolute atomic E-state index is 0.382. The lowest BCUT2D eigenvalue weighted by Gasteiger charge is -2.25. The summed E-state index contributed by atoms with van der Waals surface area (Å²) >= 11 is 0. The van der Waals surface area contributed by atoms with Gasteiger partial charge in [0.25, 0.3) is 0 Å². The Morgan fingerprint density at radius 2 is 2.25 bits per heavy atom. The summed E-state index contributed by atoms with van der Waals surface area (Å²) in [6.07, 6.45) is 2.52. The molecule has 0 aliphatic carbocycles. The molecule has 0 saturated carbocycles. The smallest absolute Gasteiger partial charge is 0.320 e. The predicted molar refractivity (Wildman–Crippen MR) is 63.1 cm³/mol. The molecule has 0 aromatic carbocycles. The molecule has 0 aliphatic heterocycles. The molecule has 2 N–H and O–H groups in total. The molecule has 0 bridgehead atoms. The number of nitrogens with zero attached hydrogens (tertiary/aromatic N) is 1. The van der Waals surface area contributed by atoms with E-state index in [1.54, 1.807) is 0 Å². The molecule has 0 radical (unpaired) electrons. The molecule has 0 spiro atoms. The number of H-pyrrole nitrogens is 1. The van der Waals surface area contributed by atoms with Crippen LogP contribution in [0.2, 0.25) is 0 Å². The second-order valence-electron chi connectivity index (χ2n) is 4.59. The fourth-order valence-corrected chi connectivity index (χ4v) is 1.76. The van der Waals surface area contributed by atoms with Crippen LogP contribution < -0.4 is 0 Å². The van der Waals surface area contributed by atoms with Crippen LogP contribution in [0.4, 0.5) is 0 Å². The molecule has 0 saturated heterocycles. The third-order valence-electron chi connectivity index (χ3n) is 2.59. The molecule has 4 nitrogen and oxygen atoms in total. The van der Waals surface area contributed by atoms with Gasteiger partial charge in [-0.1, -0.05) is 13.8 Å².